The van der Waals surface area contributed by atoms with Gasteiger partial charge in [-0.1, -0.05) is 77.0 Å². The maximum Gasteiger partial charge on any atom is 0.187 e. The van der Waals surface area contributed by atoms with E-state index >= 15 is 0 Å². The number of ketones is 1. The van der Waals surface area contributed by atoms with E-state index < -0.39 is 22.0 Å². The third kappa shape index (κ3) is 5.92. The number of oxime groups is 1. The number of nitrogens with zero attached hydrogens (tertiary/aromatic N) is 1. The maximum atomic E-state index is 13.5. The minimum Gasteiger partial charge on any atom is -0.399 e. The van der Waals surface area contributed by atoms with Gasteiger partial charge < -0.3 is 4.84 Å². The lowest BCUT2D eigenvalue weighted by molar-refractivity contribution is -0.370. The van der Waals surface area contributed by atoms with Gasteiger partial charge in [-0.2, -0.15) is 0 Å². The van der Waals surface area contributed by atoms with E-state index in [0.717, 1.165) is 5.56 Å². The highest BCUT2D eigenvalue weighted by atomic mass is 17.2. The zero-order valence-electron chi connectivity index (χ0n) is 20.6. The van der Waals surface area contributed by atoms with Gasteiger partial charge in [0.05, 0.1) is 5.60 Å². The molecule has 0 aromatic heterocycles. The quantitative estimate of drug-likeness (QED) is 0.326. The van der Waals surface area contributed by atoms with Crippen molar-refractivity contribution in [3.8, 4) is 0 Å². The van der Waals surface area contributed by atoms with Gasteiger partial charge in [-0.3, -0.25) is 4.79 Å². The lowest BCUT2D eigenvalue weighted by Crippen LogP contribution is -2.46. The van der Waals surface area contributed by atoms with E-state index in [-0.39, 0.29) is 5.78 Å². The third-order valence-electron chi connectivity index (χ3n) is 4.85. The minimum absolute atomic E-state index is 0.0137. The van der Waals surface area contributed by atoms with E-state index in [1.54, 1.807) is 0 Å². The molecule has 0 amide bonds. The zero-order valence-corrected chi connectivity index (χ0v) is 20.6. The Kier molecular flexibility index (Phi) is 7.03. The highest BCUT2D eigenvalue weighted by Crippen LogP contribution is 2.43. The van der Waals surface area contributed by atoms with Gasteiger partial charge in [-0.05, 0) is 43.8 Å². The van der Waals surface area contributed by atoms with Crippen LogP contribution in [0.5, 0.6) is 0 Å². The number of carbonyl (C=O) groups is 1. The highest BCUT2D eigenvalue weighted by molar-refractivity contribution is 6.17. The molecule has 1 aromatic rings. The Hall–Kier alpha value is -2.24. The molecule has 0 unspecified atom stereocenters. The molecule has 0 N–H and O–H groups in total. The molecule has 0 spiro atoms. The molecular weight excluding hydrogens is 390 g/mol. The molecule has 0 saturated heterocycles. The average molecular weight is 428 g/mol. The fraction of sp³-hybridized carbons (Fsp3) is 0.538. The van der Waals surface area contributed by atoms with E-state index in [4.69, 9.17) is 14.6 Å². The first-order valence-electron chi connectivity index (χ1n) is 10.7. The topological polar surface area (TPSA) is 57.1 Å². The van der Waals surface area contributed by atoms with E-state index in [2.05, 4.69) is 5.16 Å². The normalized spacial score (nSPS) is 17.9. The number of hydrogen-bond acceptors (Lipinski definition) is 5. The summed E-state index contributed by atoms with van der Waals surface area (Å²) in [6, 6.07) is 9.66. The molecule has 0 atom stereocenters. The summed E-state index contributed by atoms with van der Waals surface area (Å²) < 4.78 is 0. The summed E-state index contributed by atoms with van der Waals surface area (Å²) in [4.78, 5) is 30.8. The predicted molar refractivity (Wildman–Crippen MR) is 125 cm³/mol. The van der Waals surface area contributed by atoms with Gasteiger partial charge in [0, 0.05) is 16.7 Å². The van der Waals surface area contributed by atoms with Crippen LogP contribution in [0.3, 0.4) is 0 Å². The molecule has 0 heterocycles. The number of allylic oxidation sites excluding steroid dienone is 2. The second-order valence-corrected chi connectivity index (χ2v) is 11.0. The first-order chi connectivity index (χ1) is 14.1. The van der Waals surface area contributed by atoms with Gasteiger partial charge in [0.25, 0.3) is 0 Å². The Morgan fingerprint density at radius 2 is 1.32 bits per heavy atom. The van der Waals surface area contributed by atoms with Crippen molar-refractivity contribution >= 4 is 11.5 Å². The summed E-state index contributed by atoms with van der Waals surface area (Å²) in [5, 5.41) is 4.36. The maximum absolute atomic E-state index is 13.5. The third-order valence-corrected chi connectivity index (χ3v) is 4.85. The van der Waals surface area contributed by atoms with Gasteiger partial charge >= 0.3 is 0 Å². The van der Waals surface area contributed by atoms with Crippen LogP contribution in [0.1, 0.15) is 67.9 Å². The molecule has 5 heteroatoms. The number of Topliss-reactive ketones (excluding diaryl/α,β-unsaturated/α-hetero) is 1. The Morgan fingerprint density at radius 3 is 1.71 bits per heavy atom. The zero-order chi connectivity index (χ0) is 23.7. The molecule has 0 radical (unpaired) electrons. The standard InChI is InChI=1S/C26H37NO4/c1-23(2,3)19-16-26(31-30-25(7,8)9,17-20(21(19)28)24(4,5)6)22(27-29-10)18-14-12-11-13-15-18/h11-17H,1-10H3. The molecular formula is C26H37NO4. The van der Waals surface area contributed by atoms with Crippen LogP contribution in [0.2, 0.25) is 0 Å². The van der Waals surface area contributed by atoms with E-state index in [1.807, 2.05) is 105 Å². The van der Waals surface area contributed by atoms with Crippen molar-refractivity contribution in [2.45, 2.75) is 73.5 Å². The molecule has 31 heavy (non-hydrogen) atoms. The molecule has 1 aromatic carbocycles. The number of benzene rings is 1. The summed E-state index contributed by atoms with van der Waals surface area (Å²) in [6.45, 7) is 17.9. The van der Waals surface area contributed by atoms with Crippen molar-refractivity contribution in [3.05, 3.63) is 59.2 Å². The second-order valence-electron chi connectivity index (χ2n) is 11.0. The summed E-state index contributed by atoms with van der Waals surface area (Å²) in [7, 11) is 1.50. The predicted octanol–water partition coefficient (Wildman–Crippen LogP) is 6.05. The Labute approximate surface area is 187 Å². The summed E-state index contributed by atoms with van der Waals surface area (Å²) >= 11 is 0. The molecule has 170 valence electrons. The monoisotopic (exact) mass is 427 g/mol. The van der Waals surface area contributed by atoms with Crippen LogP contribution in [0.15, 0.2) is 58.8 Å². The smallest absolute Gasteiger partial charge is 0.187 e. The van der Waals surface area contributed by atoms with Gasteiger partial charge in [0.15, 0.2) is 11.4 Å². The summed E-state index contributed by atoms with van der Waals surface area (Å²) in [6.07, 6.45) is 3.67. The molecule has 2 rings (SSSR count). The number of hydrogen-bond donors (Lipinski definition) is 0. The van der Waals surface area contributed by atoms with Crippen molar-refractivity contribution in [3.63, 3.8) is 0 Å². The molecule has 0 saturated carbocycles. The van der Waals surface area contributed by atoms with Gasteiger partial charge in [0.2, 0.25) is 0 Å². The Balaban J connectivity index is 2.89. The van der Waals surface area contributed by atoms with Crippen LogP contribution in [0, 0.1) is 10.8 Å². The minimum atomic E-state index is -1.25. The van der Waals surface area contributed by atoms with Crippen molar-refractivity contribution in [2.24, 2.45) is 16.0 Å². The largest absolute Gasteiger partial charge is 0.399 e. The molecule has 1 aliphatic carbocycles. The Morgan fingerprint density at radius 1 is 0.839 bits per heavy atom. The van der Waals surface area contributed by atoms with Crippen molar-refractivity contribution in [1.29, 1.82) is 0 Å². The van der Waals surface area contributed by atoms with E-state index in [9.17, 15) is 4.79 Å². The summed E-state index contributed by atoms with van der Waals surface area (Å²) in [5.74, 6) is 0.0137. The highest BCUT2D eigenvalue weighted by Gasteiger charge is 2.46. The average Bonchev–Trinajstić information content (AvgIpc) is 2.64. The molecule has 1 aliphatic rings. The van der Waals surface area contributed by atoms with Crippen molar-refractivity contribution in [2.75, 3.05) is 7.11 Å². The van der Waals surface area contributed by atoms with Crippen LogP contribution >= 0.6 is 0 Å². The SMILES string of the molecule is CON=C(c1ccccc1)C1(OOC(C)(C)C)C=C(C(C)(C)C)C(=O)C(C(C)(C)C)=C1. The molecule has 0 fully saturated rings. The van der Waals surface area contributed by atoms with Crippen LogP contribution in [0.25, 0.3) is 0 Å². The van der Waals surface area contributed by atoms with Crippen LogP contribution in [0.4, 0.5) is 0 Å². The van der Waals surface area contributed by atoms with E-state index in [0.29, 0.717) is 16.9 Å². The lowest BCUT2D eigenvalue weighted by atomic mass is 9.68. The summed E-state index contributed by atoms with van der Waals surface area (Å²) in [5.41, 5.74) is -0.0194. The van der Waals surface area contributed by atoms with Crippen LogP contribution < -0.4 is 0 Å². The molecule has 0 aliphatic heterocycles. The van der Waals surface area contributed by atoms with Gasteiger partial charge in [0.1, 0.15) is 12.8 Å². The van der Waals surface area contributed by atoms with Crippen molar-refractivity contribution in [1.82, 2.24) is 0 Å². The molecule has 5 nitrogen and oxygen atoms in total. The van der Waals surface area contributed by atoms with Crippen molar-refractivity contribution < 1.29 is 19.4 Å². The van der Waals surface area contributed by atoms with Gasteiger partial charge in [-0.25, -0.2) is 9.78 Å². The Bertz CT molecular complexity index is 854. The van der Waals surface area contributed by atoms with Gasteiger partial charge in [-0.15, -0.1) is 0 Å². The molecule has 0 bridgehead atoms. The number of rotatable bonds is 5. The van der Waals surface area contributed by atoms with Crippen LogP contribution in [-0.2, 0) is 19.4 Å². The fourth-order valence-electron chi connectivity index (χ4n) is 3.32. The van der Waals surface area contributed by atoms with E-state index in [1.165, 1.54) is 7.11 Å². The fourth-order valence-corrected chi connectivity index (χ4v) is 3.32. The first kappa shape index (κ1) is 25.0. The lowest BCUT2D eigenvalue weighted by Gasteiger charge is -2.39. The number of carbonyl (C=O) groups excluding carboxylic acids is 1. The first-order valence-corrected chi connectivity index (χ1v) is 10.7. The van der Waals surface area contributed by atoms with Crippen LogP contribution in [-0.4, -0.2) is 29.8 Å². The second kappa shape index (κ2) is 8.71.